The van der Waals surface area contributed by atoms with Crippen molar-refractivity contribution in [1.29, 1.82) is 0 Å². The summed E-state index contributed by atoms with van der Waals surface area (Å²) in [5.74, 6) is 0. The fourth-order valence-corrected chi connectivity index (χ4v) is 2.23. The van der Waals surface area contributed by atoms with Crippen molar-refractivity contribution in [3.8, 4) is 0 Å². The summed E-state index contributed by atoms with van der Waals surface area (Å²) in [4.78, 5) is 0. The summed E-state index contributed by atoms with van der Waals surface area (Å²) >= 11 is 0. The van der Waals surface area contributed by atoms with E-state index in [0.29, 0.717) is 6.61 Å². The number of aliphatic hydroxyl groups is 1. The summed E-state index contributed by atoms with van der Waals surface area (Å²) in [6.07, 6.45) is 10.3. The van der Waals surface area contributed by atoms with E-state index in [-0.39, 0.29) is 6.61 Å². The van der Waals surface area contributed by atoms with Crippen LogP contribution in [0.2, 0.25) is 0 Å². The molecule has 1 rings (SSSR count). The van der Waals surface area contributed by atoms with E-state index in [4.69, 9.17) is 9.84 Å². The number of aryl methyl sites for hydroxylation is 1. The molecular formula is C17H28O2. The second-order valence-corrected chi connectivity index (χ2v) is 5.05. The molecular weight excluding hydrogens is 236 g/mol. The quantitative estimate of drug-likeness (QED) is 0.579. The van der Waals surface area contributed by atoms with E-state index in [2.05, 4.69) is 30.3 Å². The van der Waals surface area contributed by atoms with Gasteiger partial charge >= 0.3 is 0 Å². The number of hydrogen-bond acceptors (Lipinski definition) is 2. The predicted octanol–water partition coefficient (Wildman–Crippen LogP) is 3.97. The van der Waals surface area contributed by atoms with E-state index in [0.717, 1.165) is 13.0 Å². The van der Waals surface area contributed by atoms with Crippen molar-refractivity contribution in [1.82, 2.24) is 0 Å². The molecule has 0 fully saturated rings. The van der Waals surface area contributed by atoms with Crippen LogP contribution in [0.15, 0.2) is 30.3 Å². The van der Waals surface area contributed by atoms with Crippen molar-refractivity contribution >= 4 is 0 Å². The Bertz CT molecular complexity index is 285. The highest BCUT2D eigenvalue weighted by Crippen LogP contribution is 2.10. The van der Waals surface area contributed by atoms with Gasteiger partial charge in [0.15, 0.2) is 0 Å². The molecule has 0 aromatic heterocycles. The van der Waals surface area contributed by atoms with Crippen LogP contribution in [0.25, 0.3) is 0 Å². The van der Waals surface area contributed by atoms with Gasteiger partial charge in [-0.25, -0.2) is 0 Å². The molecule has 0 spiro atoms. The molecule has 0 saturated heterocycles. The Balaban J connectivity index is 1.79. The molecule has 0 saturated carbocycles. The third-order valence-corrected chi connectivity index (χ3v) is 3.33. The molecule has 0 bridgehead atoms. The molecule has 0 heterocycles. The van der Waals surface area contributed by atoms with Crippen LogP contribution in [0.3, 0.4) is 0 Å². The van der Waals surface area contributed by atoms with Gasteiger partial charge in [-0.05, 0) is 24.8 Å². The zero-order valence-corrected chi connectivity index (χ0v) is 12.0. The minimum atomic E-state index is 0.140. The first-order chi connectivity index (χ1) is 9.43. The Hall–Kier alpha value is -0.860. The van der Waals surface area contributed by atoms with E-state index < -0.39 is 0 Å². The van der Waals surface area contributed by atoms with E-state index >= 15 is 0 Å². The van der Waals surface area contributed by atoms with E-state index in [1.165, 1.54) is 50.5 Å². The Labute approximate surface area is 117 Å². The lowest BCUT2D eigenvalue weighted by atomic mass is 10.0. The summed E-state index contributed by atoms with van der Waals surface area (Å²) in [5, 5.41) is 8.55. The Morgan fingerprint density at radius 3 is 2.05 bits per heavy atom. The molecule has 0 amide bonds. The highest BCUT2D eigenvalue weighted by Gasteiger charge is 1.94. The predicted molar refractivity (Wildman–Crippen MR) is 80.4 cm³/mol. The van der Waals surface area contributed by atoms with Gasteiger partial charge in [-0.1, -0.05) is 62.4 Å². The second-order valence-electron chi connectivity index (χ2n) is 5.05. The van der Waals surface area contributed by atoms with Crippen molar-refractivity contribution < 1.29 is 9.84 Å². The van der Waals surface area contributed by atoms with Gasteiger partial charge in [-0.3, -0.25) is 0 Å². The third kappa shape index (κ3) is 9.69. The summed E-state index contributed by atoms with van der Waals surface area (Å²) in [6.45, 7) is 1.43. The zero-order valence-electron chi connectivity index (χ0n) is 12.0. The van der Waals surface area contributed by atoms with Crippen LogP contribution in [0.5, 0.6) is 0 Å². The lowest BCUT2D eigenvalue weighted by molar-refractivity contribution is 0.0895. The maximum atomic E-state index is 8.55. The summed E-state index contributed by atoms with van der Waals surface area (Å²) < 4.78 is 5.23. The van der Waals surface area contributed by atoms with E-state index in [9.17, 15) is 0 Å². The molecule has 0 aliphatic carbocycles. The Kier molecular flexibility index (Phi) is 10.4. The lowest BCUT2D eigenvalue weighted by Crippen LogP contribution is -2.00. The molecule has 2 nitrogen and oxygen atoms in total. The average molecular weight is 264 g/mol. The minimum Gasteiger partial charge on any atom is -0.394 e. The fourth-order valence-electron chi connectivity index (χ4n) is 2.23. The Morgan fingerprint density at radius 2 is 1.37 bits per heavy atom. The zero-order chi connectivity index (χ0) is 13.6. The summed E-state index contributed by atoms with van der Waals surface area (Å²) in [5.41, 5.74) is 1.46. The molecule has 0 atom stereocenters. The van der Waals surface area contributed by atoms with Crippen molar-refractivity contribution in [3.05, 3.63) is 35.9 Å². The third-order valence-electron chi connectivity index (χ3n) is 3.33. The number of benzene rings is 1. The summed E-state index contributed by atoms with van der Waals surface area (Å²) in [6, 6.07) is 10.7. The number of hydrogen-bond donors (Lipinski definition) is 1. The van der Waals surface area contributed by atoms with Crippen LogP contribution in [-0.4, -0.2) is 24.9 Å². The van der Waals surface area contributed by atoms with Crippen molar-refractivity contribution in [2.24, 2.45) is 0 Å². The van der Waals surface area contributed by atoms with Crippen molar-refractivity contribution in [2.45, 2.75) is 51.4 Å². The maximum Gasteiger partial charge on any atom is 0.0697 e. The first-order valence-corrected chi connectivity index (χ1v) is 7.66. The molecule has 0 radical (unpaired) electrons. The van der Waals surface area contributed by atoms with Gasteiger partial charge in [0.2, 0.25) is 0 Å². The van der Waals surface area contributed by atoms with Crippen LogP contribution in [0.4, 0.5) is 0 Å². The molecule has 2 heteroatoms. The van der Waals surface area contributed by atoms with Gasteiger partial charge in [-0.2, -0.15) is 0 Å². The van der Waals surface area contributed by atoms with Crippen LogP contribution in [0, 0.1) is 0 Å². The number of rotatable bonds is 12. The highest BCUT2D eigenvalue weighted by molar-refractivity contribution is 5.14. The van der Waals surface area contributed by atoms with Crippen LogP contribution in [-0.2, 0) is 11.2 Å². The lowest BCUT2D eigenvalue weighted by Gasteiger charge is -2.03. The van der Waals surface area contributed by atoms with Crippen molar-refractivity contribution in [3.63, 3.8) is 0 Å². The second kappa shape index (κ2) is 12.2. The average Bonchev–Trinajstić information content (AvgIpc) is 2.46. The van der Waals surface area contributed by atoms with Gasteiger partial charge in [0.05, 0.1) is 13.2 Å². The fraction of sp³-hybridized carbons (Fsp3) is 0.647. The SMILES string of the molecule is OCCOCCCCCCCCCc1ccccc1. The van der Waals surface area contributed by atoms with Gasteiger partial charge in [0.25, 0.3) is 0 Å². The smallest absolute Gasteiger partial charge is 0.0697 e. The number of ether oxygens (including phenoxy) is 1. The normalized spacial score (nSPS) is 10.8. The van der Waals surface area contributed by atoms with E-state index in [1.54, 1.807) is 0 Å². The molecule has 0 unspecified atom stereocenters. The minimum absolute atomic E-state index is 0.140. The van der Waals surface area contributed by atoms with E-state index in [1.807, 2.05) is 0 Å². The molecule has 108 valence electrons. The standard InChI is InChI=1S/C17H28O2/c18-14-16-19-15-10-5-3-1-2-4-7-11-17-12-8-6-9-13-17/h6,8-9,12-13,18H,1-5,7,10-11,14-16H2. The first-order valence-electron chi connectivity index (χ1n) is 7.66. The molecule has 19 heavy (non-hydrogen) atoms. The molecule has 0 aliphatic heterocycles. The van der Waals surface area contributed by atoms with Crippen LogP contribution >= 0.6 is 0 Å². The molecule has 0 aliphatic rings. The molecule has 1 aromatic rings. The maximum absolute atomic E-state index is 8.55. The topological polar surface area (TPSA) is 29.5 Å². The Morgan fingerprint density at radius 1 is 0.737 bits per heavy atom. The van der Waals surface area contributed by atoms with Gasteiger partial charge in [-0.15, -0.1) is 0 Å². The highest BCUT2D eigenvalue weighted by atomic mass is 16.5. The largest absolute Gasteiger partial charge is 0.394 e. The number of unbranched alkanes of at least 4 members (excludes halogenated alkanes) is 6. The van der Waals surface area contributed by atoms with Gasteiger partial charge in [0, 0.05) is 6.61 Å². The van der Waals surface area contributed by atoms with Crippen molar-refractivity contribution in [2.75, 3.05) is 19.8 Å². The van der Waals surface area contributed by atoms with Gasteiger partial charge < -0.3 is 9.84 Å². The number of aliphatic hydroxyl groups excluding tert-OH is 1. The molecule has 1 N–H and O–H groups in total. The molecule has 1 aromatic carbocycles. The first kappa shape index (κ1) is 16.2. The summed E-state index contributed by atoms with van der Waals surface area (Å²) in [7, 11) is 0. The van der Waals surface area contributed by atoms with Crippen LogP contribution < -0.4 is 0 Å². The van der Waals surface area contributed by atoms with Gasteiger partial charge in [0.1, 0.15) is 0 Å². The van der Waals surface area contributed by atoms with Crippen LogP contribution in [0.1, 0.15) is 50.5 Å². The monoisotopic (exact) mass is 264 g/mol.